The van der Waals surface area contributed by atoms with E-state index in [1.807, 2.05) is 25.1 Å². The van der Waals surface area contributed by atoms with Crippen molar-refractivity contribution in [3.05, 3.63) is 23.9 Å². The van der Waals surface area contributed by atoms with Gasteiger partial charge in [0, 0.05) is 6.92 Å². The number of rotatable bonds is 8. The lowest BCUT2D eigenvalue weighted by Crippen LogP contribution is -2.04. The van der Waals surface area contributed by atoms with Crippen molar-refractivity contribution in [2.45, 2.75) is 40.0 Å². The first-order chi connectivity index (χ1) is 11.5. The van der Waals surface area contributed by atoms with Crippen LogP contribution in [0.3, 0.4) is 0 Å². The van der Waals surface area contributed by atoms with Gasteiger partial charge in [-0.25, -0.2) is 4.98 Å². The quantitative estimate of drug-likeness (QED) is 0.705. The summed E-state index contributed by atoms with van der Waals surface area (Å²) in [4.78, 5) is 16.6. The van der Waals surface area contributed by atoms with Gasteiger partial charge >= 0.3 is 0 Å². The number of nitrogens with one attached hydrogen (secondary N) is 1. The predicted molar refractivity (Wildman–Crippen MR) is 98.2 cm³/mol. The number of aromatic nitrogens is 1. The summed E-state index contributed by atoms with van der Waals surface area (Å²) < 4.78 is 11.3. The molecular formula is C18H24N2O3S. The summed E-state index contributed by atoms with van der Waals surface area (Å²) >= 11 is 1.46. The standard InChI is InChI=1S/C18H24N2O3S/c1-5-6-7-10-23-16-11-14(8-9-15(16)22-4)17-12(2)19-18(24-17)20-13(3)21/h8-9,11H,5-7,10H2,1-4H3,(H,19,20,21). The van der Waals surface area contributed by atoms with Gasteiger partial charge in [-0.1, -0.05) is 31.1 Å². The van der Waals surface area contributed by atoms with E-state index >= 15 is 0 Å². The third kappa shape index (κ3) is 4.71. The van der Waals surface area contributed by atoms with Crippen molar-refractivity contribution in [1.82, 2.24) is 4.98 Å². The summed E-state index contributed by atoms with van der Waals surface area (Å²) in [5.74, 6) is 1.34. The number of benzene rings is 1. The number of anilines is 1. The number of carbonyl (C=O) groups excluding carboxylic acids is 1. The van der Waals surface area contributed by atoms with Crippen molar-refractivity contribution in [3.8, 4) is 21.9 Å². The van der Waals surface area contributed by atoms with E-state index < -0.39 is 0 Å². The van der Waals surface area contributed by atoms with Crippen LogP contribution in [0.25, 0.3) is 10.4 Å². The number of unbranched alkanes of at least 4 members (excludes halogenated alkanes) is 2. The Bertz CT molecular complexity index is 698. The van der Waals surface area contributed by atoms with Crippen LogP contribution < -0.4 is 14.8 Å². The number of hydrogen-bond donors (Lipinski definition) is 1. The van der Waals surface area contributed by atoms with Gasteiger partial charge < -0.3 is 14.8 Å². The largest absolute Gasteiger partial charge is 0.493 e. The van der Waals surface area contributed by atoms with Crippen molar-refractivity contribution < 1.29 is 14.3 Å². The Balaban J connectivity index is 2.24. The SMILES string of the molecule is CCCCCOc1cc(-c2sc(NC(C)=O)nc2C)ccc1OC. The van der Waals surface area contributed by atoms with Crippen LogP contribution in [0.1, 0.15) is 38.8 Å². The Hall–Kier alpha value is -2.08. The highest BCUT2D eigenvalue weighted by atomic mass is 32.1. The van der Waals surface area contributed by atoms with Gasteiger partial charge in [0.15, 0.2) is 16.6 Å². The molecule has 5 nitrogen and oxygen atoms in total. The number of carbonyl (C=O) groups is 1. The van der Waals surface area contributed by atoms with E-state index in [2.05, 4.69) is 17.2 Å². The summed E-state index contributed by atoms with van der Waals surface area (Å²) in [7, 11) is 1.64. The Morgan fingerprint density at radius 1 is 1.29 bits per heavy atom. The maximum Gasteiger partial charge on any atom is 0.223 e. The van der Waals surface area contributed by atoms with Gasteiger partial charge in [0.25, 0.3) is 0 Å². The van der Waals surface area contributed by atoms with Crippen LogP contribution in [0.15, 0.2) is 18.2 Å². The molecule has 2 rings (SSSR count). The van der Waals surface area contributed by atoms with Gasteiger partial charge in [-0.2, -0.15) is 0 Å². The highest BCUT2D eigenvalue weighted by Gasteiger charge is 2.13. The van der Waals surface area contributed by atoms with E-state index in [4.69, 9.17) is 9.47 Å². The number of hydrogen-bond acceptors (Lipinski definition) is 5. The zero-order valence-corrected chi connectivity index (χ0v) is 15.5. The molecule has 1 heterocycles. The van der Waals surface area contributed by atoms with Gasteiger partial charge in [0.2, 0.25) is 5.91 Å². The highest BCUT2D eigenvalue weighted by Crippen LogP contribution is 2.37. The maximum absolute atomic E-state index is 11.2. The van der Waals surface area contributed by atoms with Crippen LogP contribution in [-0.2, 0) is 4.79 Å². The second-order valence-electron chi connectivity index (χ2n) is 5.54. The van der Waals surface area contributed by atoms with Crippen molar-refractivity contribution in [1.29, 1.82) is 0 Å². The number of thiazole rings is 1. The van der Waals surface area contributed by atoms with Crippen LogP contribution in [0, 0.1) is 6.92 Å². The maximum atomic E-state index is 11.2. The first kappa shape index (κ1) is 18.3. The van der Waals surface area contributed by atoms with Crippen molar-refractivity contribution in [2.75, 3.05) is 19.0 Å². The normalized spacial score (nSPS) is 10.5. The molecule has 0 unspecified atom stereocenters. The van der Waals surface area contributed by atoms with Gasteiger partial charge in [0.05, 0.1) is 24.3 Å². The Kier molecular flexibility index (Phi) is 6.61. The summed E-state index contributed by atoms with van der Waals surface area (Å²) in [5.41, 5.74) is 1.89. The highest BCUT2D eigenvalue weighted by molar-refractivity contribution is 7.19. The number of amides is 1. The molecule has 0 radical (unpaired) electrons. The molecule has 2 aromatic rings. The lowest BCUT2D eigenvalue weighted by molar-refractivity contribution is -0.114. The number of methoxy groups -OCH3 is 1. The first-order valence-corrected chi connectivity index (χ1v) is 8.93. The topological polar surface area (TPSA) is 60.5 Å². The second kappa shape index (κ2) is 8.68. The minimum atomic E-state index is -0.120. The van der Waals surface area contributed by atoms with E-state index in [1.165, 1.54) is 18.3 Å². The van der Waals surface area contributed by atoms with Crippen LogP contribution in [0.5, 0.6) is 11.5 Å². The molecule has 24 heavy (non-hydrogen) atoms. The third-order valence-corrected chi connectivity index (χ3v) is 4.63. The third-order valence-electron chi connectivity index (χ3n) is 3.51. The Labute approximate surface area is 147 Å². The summed E-state index contributed by atoms with van der Waals surface area (Å²) in [6.07, 6.45) is 3.33. The van der Waals surface area contributed by atoms with Crippen LogP contribution >= 0.6 is 11.3 Å². The number of nitrogens with zero attached hydrogens (tertiary/aromatic N) is 1. The molecule has 0 saturated carbocycles. The second-order valence-corrected chi connectivity index (χ2v) is 6.54. The zero-order valence-electron chi connectivity index (χ0n) is 14.6. The minimum absolute atomic E-state index is 0.120. The molecule has 0 atom stereocenters. The molecule has 0 spiro atoms. The van der Waals surface area contributed by atoms with Gasteiger partial charge in [-0.3, -0.25) is 4.79 Å². The fraction of sp³-hybridized carbons (Fsp3) is 0.444. The van der Waals surface area contributed by atoms with E-state index in [0.29, 0.717) is 11.7 Å². The first-order valence-electron chi connectivity index (χ1n) is 8.11. The molecule has 0 bridgehead atoms. The van der Waals surface area contributed by atoms with Crippen molar-refractivity contribution in [3.63, 3.8) is 0 Å². The van der Waals surface area contributed by atoms with Crippen molar-refractivity contribution in [2.24, 2.45) is 0 Å². The van der Waals surface area contributed by atoms with Crippen LogP contribution in [0.2, 0.25) is 0 Å². The number of ether oxygens (including phenoxy) is 2. The fourth-order valence-electron chi connectivity index (χ4n) is 2.33. The molecule has 1 aromatic carbocycles. The van der Waals surface area contributed by atoms with Gasteiger partial charge in [-0.05, 0) is 37.1 Å². The predicted octanol–water partition coefficient (Wildman–Crippen LogP) is 4.65. The molecule has 1 aromatic heterocycles. The van der Waals surface area contributed by atoms with E-state index in [0.717, 1.165) is 46.9 Å². The van der Waals surface area contributed by atoms with Gasteiger partial charge in [0.1, 0.15) is 0 Å². The lowest BCUT2D eigenvalue weighted by Gasteiger charge is -2.12. The lowest BCUT2D eigenvalue weighted by atomic mass is 10.1. The molecule has 0 saturated heterocycles. The smallest absolute Gasteiger partial charge is 0.223 e. The summed E-state index contributed by atoms with van der Waals surface area (Å²) in [5, 5.41) is 3.34. The van der Waals surface area contributed by atoms with Crippen molar-refractivity contribution >= 4 is 22.4 Å². The van der Waals surface area contributed by atoms with E-state index in [9.17, 15) is 4.79 Å². The van der Waals surface area contributed by atoms with E-state index in [1.54, 1.807) is 7.11 Å². The van der Waals surface area contributed by atoms with E-state index in [-0.39, 0.29) is 5.91 Å². The molecule has 130 valence electrons. The fourth-order valence-corrected chi connectivity index (χ4v) is 3.34. The molecular weight excluding hydrogens is 324 g/mol. The monoisotopic (exact) mass is 348 g/mol. The Morgan fingerprint density at radius 3 is 2.75 bits per heavy atom. The molecule has 0 aliphatic rings. The van der Waals surface area contributed by atoms with Crippen LogP contribution in [0.4, 0.5) is 5.13 Å². The summed E-state index contributed by atoms with van der Waals surface area (Å²) in [6.45, 7) is 6.25. The minimum Gasteiger partial charge on any atom is -0.493 e. The van der Waals surface area contributed by atoms with Crippen LogP contribution in [-0.4, -0.2) is 24.6 Å². The molecule has 1 N–H and O–H groups in total. The zero-order chi connectivity index (χ0) is 17.5. The van der Waals surface area contributed by atoms with Gasteiger partial charge in [-0.15, -0.1) is 0 Å². The molecule has 0 aliphatic heterocycles. The average Bonchev–Trinajstić information content (AvgIpc) is 2.91. The Morgan fingerprint density at radius 2 is 2.08 bits per heavy atom. The average molecular weight is 348 g/mol. The number of aryl methyl sites for hydroxylation is 1. The molecule has 1 amide bonds. The molecule has 6 heteroatoms. The summed E-state index contributed by atoms with van der Waals surface area (Å²) in [6, 6.07) is 5.86. The molecule has 0 aliphatic carbocycles. The molecule has 0 fully saturated rings.